The summed E-state index contributed by atoms with van der Waals surface area (Å²) in [7, 11) is 0. The summed E-state index contributed by atoms with van der Waals surface area (Å²) in [5, 5.41) is 3.37. The Morgan fingerprint density at radius 1 is 1.53 bits per heavy atom. The molecule has 0 aliphatic carbocycles. The van der Waals surface area contributed by atoms with Crippen molar-refractivity contribution in [2.45, 2.75) is 26.5 Å². The molecule has 0 bridgehead atoms. The number of anilines is 1. The standard InChI is InChI=1S/C12H20N4O/c1-3-17-8-11-6-12(15-9-14-11)16-5-4-13-7-10(16)2/h6,9-10,13H,3-5,7-8H2,1-2H3/t10-/m0/s1. The molecule has 0 amide bonds. The monoisotopic (exact) mass is 236 g/mol. The lowest BCUT2D eigenvalue weighted by atomic mass is 10.2. The minimum atomic E-state index is 0.471. The van der Waals surface area contributed by atoms with Gasteiger partial charge in [0.25, 0.3) is 0 Å². The molecule has 0 spiro atoms. The summed E-state index contributed by atoms with van der Waals surface area (Å²) in [6.45, 7) is 8.47. The summed E-state index contributed by atoms with van der Waals surface area (Å²) < 4.78 is 5.37. The van der Waals surface area contributed by atoms with Crippen LogP contribution in [0.25, 0.3) is 0 Å². The van der Waals surface area contributed by atoms with Gasteiger partial charge >= 0.3 is 0 Å². The molecule has 2 rings (SSSR count). The van der Waals surface area contributed by atoms with Crippen LogP contribution in [0, 0.1) is 0 Å². The predicted octanol–water partition coefficient (Wildman–Crippen LogP) is 0.811. The van der Waals surface area contributed by atoms with Gasteiger partial charge in [0.1, 0.15) is 12.1 Å². The summed E-state index contributed by atoms with van der Waals surface area (Å²) in [4.78, 5) is 10.9. The topological polar surface area (TPSA) is 50.3 Å². The lowest BCUT2D eigenvalue weighted by Gasteiger charge is -2.34. The van der Waals surface area contributed by atoms with Gasteiger partial charge in [-0.25, -0.2) is 9.97 Å². The highest BCUT2D eigenvalue weighted by molar-refractivity contribution is 5.40. The highest BCUT2D eigenvalue weighted by Gasteiger charge is 2.19. The molecule has 1 saturated heterocycles. The van der Waals surface area contributed by atoms with Crippen LogP contribution < -0.4 is 10.2 Å². The Morgan fingerprint density at radius 3 is 3.18 bits per heavy atom. The van der Waals surface area contributed by atoms with Crippen molar-refractivity contribution in [1.29, 1.82) is 0 Å². The van der Waals surface area contributed by atoms with Crippen LogP contribution in [0.2, 0.25) is 0 Å². The average Bonchev–Trinajstić information content (AvgIpc) is 2.37. The van der Waals surface area contributed by atoms with Crippen LogP contribution in [0.1, 0.15) is 19.5 Å². The van der Waals surface area contributed by atoms with E-state index in [1.165, 1.54) is 0 Å². The van der Waals surface area contributed by atoms with Crippen molar-refractivity contribution in [3.63, 3.8) is 0 Å². The van der Waals surface area contributed by atoms with Gasteiger partial charge in [0.15, 0.2) is 0 Å². The first-order valence-electron chi connectivity index (χ1n) is 6.17. The van der Waals surface area contributed by atoms with Crippen LogP contribution >= 0.6 is 0 Å². The molecule has 0 saturated carbocycles. The number of piperazine rings is 1. The number of hydrogen-bond donors (Lipinski definition) is 1. The first-order valence-corrected chi connectivity index (χ1v) is 6.17. The van der Waals surface area contributed by atoms with E-state index in [2.05, 4.69) is 27.1 Å². The Labute approximate surface area is 102 Å². The fourth-order valence-electron chi connectivity index (χ4n) is 2.01. The summed E-state index contributed by atoms with van der Waals surface area (Å²) in [6, 6.07) is 2.50. The van der Waals surface area contributed by atoms with Gasteiger partial charge in [0.05, 0.1) is 12.3 Å². The van der Waals surface area contributed by atoms with E-state index >= 15 is 0 Å². The van der Waals surface area contributed by atoms with E-state index in [-0.39, 0.29) is 0 Å². The second-order valence-corrected chi connectivity index (χ2v) is 4.25. The molecule has 1 aromatic heterocycles. The molecule has 5 heteroatoms. The molecular weight excluding hydrogens is 216 g/mol. The number of aromatic nitrogens is 2. The van der Waals surface area contributed by atoms with E-state index < -0.39 is 0 Å². The molecule has 5 nitrogen and oxygen atoms in total. The SMILES string of the molecule is CCOCc1cc(N2CCNC[C@@H]2C)ncn1. The minimum absolute atomic E-state index is 0.471. The van der Waals surface area contributed by atoms with Crippen LogP contribution in [-0.2, 0) is 11.3 Å². The first-order chi connectivity index (χ1) is 8.31. The maximum atomic E-state index is 5.37. The number of hydrogen-bond acceptors (Lipinski definition) is 5. The molecule has 0 radical (unpaired) electrons. The first kappa shape index (κ1) is 12.3. The Bertz CT molecular complexity index is 358. The lowest BCUT2D eigenvalue weighted by Crippen LogP contribution is -2.50. The fourth-order valence-corrected chi connectivity index (χ4v) is 2.01. The second-order valence-electron chi connectivity index (χ2n) is 4.25. The van der Waals surface area contributed by atoms with Crippen LogP contribution in [0.4, 0.5) is 5.82 Å². The summed E-state index contributed by atoms with van der Waals surface area (Å²) >= 11 is 0. The zero-order chi connectivity index (χ0) is 12.1. The molecular formula is C12H20N4O. The maximum absolute atomic E-state index is 5.37. The molecule has 1 aliphatic rings. The van der Waals surface area contributed by atoms with Gasteiger partial charge in [-0.15, -0.1) is 0 Å². The highest BCUT2D eigenvalue weighted by atomic mass is 16.5. The molecule has 1 aliphatic heterocycles. The molecule has 1 fully saturated rings. The third-order valence-electron chi connectivity index (χ3n) is 2.96. The third-order valence-corrected chi connectivity index (χ3v) is 2.96. The number of nitrogens with zero attached hydrogens (tertiary/aromatic N) is 3. The zero-order valence-electron chi connectivity index (χ0n) is 10.5. The van der Waals surface area contributed by atoms with Gasteiger partial charge in [-0.05, 0) is 13.8 Å². The van der Waals surface area contributed by atoms with Crippen molar-refractivity contribution in [2.75, 3.05) is 31.1 Å². The summed E-state index contributed by atoms with van der Waals surface area (Å²) in [5.74, 6) is 1.00. The largest absolute Gasteiger partial charge is 0.375 e. The lowest BCUT2D eigenvalue weighted by molar-refractivity contribution is 0.131. The minimum Gasteiger partial charge on any atom is -0.375 e. The van der Waals surface area contributed by atoms with E-state index in [1.54, 1.807) is 6.33 Å². The van der Waals surface area contributed by atoms with Crippen molar-refractivity contribution >= 4 is 5.82 Å². The fraction of sp³-hybridized carbons (Fsp3) is 0.667. The maximum Gasteiger partial charge on any atom is 0.132 e. The van der Waals surface area contributed by atoms with Crippen LogP contribution in [0.3, 0.4) is 0 Å². The van der Waals surface area contributed by atoms with Crippen molar-refractivity contribution in [2.24, 2.45) is 0 Å². The summed E-state index contributed by atoms with van der Waals surface area (Å²) in [6.07, 6.45) is 1.62. The molecule has 0 aromatic carbocycles. The smallest absolute Gasteiger partial charge is 0.132 e. The third kappa shape index (κ3) is 3.14. The van der Waals surface area contributed by atoms with Crippen molar-refractivity contribution < 1.29 is 4.74 Å². The van der Waals surface area contributed by atoms with E-state index in [1.807, 2.05) is 13.0 Å². The van der Waals surface area contributed by atoms with E-state index in [9.17, 15) is 0 Å². The molecule has 1 N–H and O–H groups in total. The average molecular weight is 236 g/mol. The zero-order valence-corrected chi connectivity index (χ0v) is 10.5. The number of rotatable bonds is 4. The molecule has 1 aromatic rings. The second kappa shape index (κ2) is 5.93. The quantitative estimate of drug-likeness (QED) is 0.838. The highest BCUT2D eigenvalue weighted by Crippen LogP contribution is 2.15. The van der Waals surface area contributed by atoms with Crippen LogP contribution in [0.5, 0.6) is 0 Å². The van der Waals surface area contributed by atoms with Gasteiger partial charge < -0.3 is 15.0 Å². The predicted molar refractivity (Wildman–Crippen MR) is 67.0 cm³/mol. The molecule has 2 heterocycles. The molecule has 94 valence electrons. The number of nitrogens with one attached hydrogen (secondary N) is 1. The molecule has 0 unspecified atom stereocenters. The van der Waals surface area contributed by atoms with Crippen LogP contribution in [-0.4, -0.2) is 42.3 Å². The van der Waals surface area contributed by atoms with Crippen molar-refractivity contribution in [1.82, 2.24) is 15.3 Å². The summed E-state index contributed by atoms with van der Waals surface area (Å²) in [5.41, 5.74) is 0.947. The van der Waals surface area contributed by atoms with Gasteiger partial charge in [-0.2, -0.15) is 0 Å². The molecule has 1 atom stereocenters. The Morgan fingerprint density at radius 2 is 2.41 bits per heavy atom. The Hall–Kier alpha value is -1.20. The Balaban J connectivity index is 2.08. The molecule has 17 heavy (non-hydrogen) atoms. The van der Waals surface area contributed by atoms with Gasteiger partial charge in [-0.3, -0.25) is 0 Å². The van der Waals surface area contributed by atoms with E-state index in [4.69, 9.17) is 4.74 Å². The number of ether oxygens (including phenoxy) is 1. The van der Waals surface area contributed by atoms with Crippen LogP contribution in [0.15, 0.2) is 12.4 Å². The van der Waals surface area contributed by atoms with Crippen molar-refractivity contribution in [3.8, 4) is 0 Å². The van der Waals surface area contributed by atoms with Gasteiger partial charge in [-0.1, -0.05) is 0 Å². The normalized spacial score (nSPS) is 20.6. The Kier molecular flexibility index (Phi) is 4.28. The van der Waals surface area contributed by atoms with E-state index in [0.29, 0.717) is 19.3 Å². The van der Waals surface area contributed by atoms with Gasteiger partial charge in [0, 0.05) is 38.3 Å². The van der Waals surface area contributed by atoms with E-state index in [0.717, 1.165) is 31.1 Å². The van der Waals surface area contributed by atoms with Crippen molar-refractivity contribution in [3.05, 3.63) is 18.1 Å². The van der Waals surface area contributed by atoms with Gasteiger partial charge in [0.2, 0.25) is 0 Å².